The van der Waals surface area contributed by atoms with Gasteiger partial charge in [-0.2, -0.15) is 0 Å². The number of hydrogen-bond donors (Lipinski definition) is 9. The van der Waals surface area contributed by atoms with E-state index in [2.05, 4.69) is 31.9 Å². The van der Waals surface area contributed by atoms with Crippen LogP contribution in [0.15, 0.2) is 24.3 Å². The number of phenolic OH excluding ortho intramolecular Hbond substituents is 1. The number of nitrogens with zero attached hydrogens (tertiary/aromatic N) is 1. The Morgan fingerprint density at radius 2 is 1.49 bits per heavy atom. The maximum absolute atomic E-state index is 13.0. The first-order chi connectivity index (χ1) is 23.2. The molecule has 7 amide bonds. The molecular weight excluding hydrogens is 644 g/mol. The fraction of sp³-hybridized carbons (Fsp3) is 0.548. The van der Waals surface area contributed by atoms with Crippen molar-refractivity contribution in [3.05, 3.63) is 29.8 Å². The van der Waals surface area contributed by atoms with Crippen molar-refractivity contribution in [3.8, 4) is 5.75 Å². The van der Waals surface area contributed by atoms with Gasteiger partial charge in [0, 0.05) is 13.0 Å². The zero-order valence-corrected chi connectivity index (χ0v) is 27.3. The van der Waals surface area contributed by atoms with E-state index in [-0.39, 0.29) is 30.7 Å². The van der Waals surface area contributed by atoms with Crippen LogP contribution in [-0.2, 0) is 44.8 Å². The van der Waals surface area contributed by atoms with Gasteiger partial charge in [-0.1, -0.05) is 12.1 Å². The first kappa shape index (κ1) is 38.2. The van der Waals surface area contributed by atoms with Crippen molar-refractivity contribution in [2.24, 2.45) is 5.73 Å². The fourth-order valence-electron chi connectivity index (χ4n) is 5.46. The van der Waals surface area contributed by atoms with Gasteiger partial charge < -0.3 is 52.7 Å². The molecule has 0 saturated carbocycles. The minimum absolute atomic E-state index is 0.0373. The summed E-state index contributed by atoms with van der Waals surface area (Å²) in [5.74, 6) is -6.38. The van der Waals surface area contributed by atoms with Crippen LogP contribution in [0.4, 0.5) is 0 Å². The van der Waals surface area contributed by atoms with Crippen LogP contribution < -0.4 is 37.6 Å². The summed E-state index contributed by atoms with van der Waals surface area (Å²) in [4.78, 5) is 102. The van der Waals surface area contributed by atoms with Gasteiger partial charge in [0.1, 0.15) is 36.0 Å². The highest BCUT2D eigenvalue weighted by Crippen LogP contribution is 2.18. The minimum Gasteiger partial charge on any atom is -0.508 e. The Morgan fingerprint density at radius 3 is 2.10 bits per heavy atom. The van der Waals surface area contributed by atoms with Crippen molar-refractivity contribution in [3.63, 3.8) is 0 Å². The molecule has 0 unspecified atom stereocenters. The molecule has 10 N–H and O–H groups in total. The molecule has 0 spiro atoms. The van der Waals surface area contributed by atoms with Crippen LogP contribution in [0.3, 0.4) is 0 Å². The van der Waals surface area contributed by atoms with Crippen LogP contribution in [0, 0.1) is 0 Å². The monoisotopic (exact) mass is 688 g/mol. The molecule has 6 atom stereocenters. The Hall–Kier alpha value is -5.26. The average molecular weight is 689 g/mol. The van der Waals surface area contributed by atoms with E-state index in [9.17, 15) is 48.6 Å². The van der Waals surface area contributed by atoms with Gasteiger partial charge in [-0.3, -0.25) is 33.6 Å². The fourth-order valence-corrected chi connectivity index (χ4v) is 5.46. The molecule has 2 saturated heterocycles. The number of benzene rings is 1. The van der Waals surface area contributed by atoms with Crippen LogP contribution in [0.1, 0.15) is 51.5 Å². The summed E-state index contributed by atoms with van der Waals surface area (Å²) in [7, 11) is 0. The zero-order chi connectivity index (χ0) is 36.2. The van der Waals surface area contributed by atoms with Crippen molar-refractivity contribution in [2.45, 2.75) is 88.6 Å². The molecule has 0 aliphatic carbocycles. The number of nitrogens with one attached hydrogen (secondary N) is 6. The first-order valence-corrected chi connectivity index (χ1v) is 16.0. The molecular formula is C31H44N8O10. The van der Waals surface area contributed by atoms with Crippen molar-refractivity contribution in [2.75, 3.05) is 19.6 Å². The van der Waals surface area contributed by atoms with Gasteiger partial charge in [0.15, 0.2) is 0 Å². The molecule has 49 heavy (non-hydrogen) atoms. The Kier molecular flexibility index (Phi) is 13.8. The maximum atomic E-state index is 13.0. The smallest absolute Gasteiger partial charge is 0.326 e. The molecule has 18 heteroatoms. The highest BCUT2D eigenvalue weighted by Gasteiger charge is 2.36. The highest BCUT2D eigenvalue weighted by atomic mass is 16.4. The van der Waals surface area contributed by atoms with Crippen LogP contribution in [0.5, 0.6) is 5.75 Å². The number of rotatable bonds is 16. The molecule has 0 bridgehead atoms. The van der Waals surface area contributed by atoms with Crippen molar-refractivity contribution in [1.29, 1.82) is 0 Å². The summed E-state index contributed by atoms with van der Waals surface area (Å²) < 4.78 is 0. The Labute approximate surface area is 282 Å². The standard InChI is InChI=1S/C31H44N8O10/c1-16(36-30(47)23-6-4-12-39(23)25(42)15-34-28(45)20-5-3-11-33-20)26(43)35-17(2)27(44)37-21(14-24(32)41)29(46)38-22(31(48)49)13-18-7-9-19(40)10-8-18/h7-10,16-17,20-23,33,40H,3-6,11-15H2,1-2H3,(H2,32,41)(H,34,45)(H,35,43)(H,36,47)(H,37,44)(H,38,46)(H,48,49)/t16-,17-,20-,21-,22-,23-/m0/s1. The van der Waals surface area contributed by atoms with E-state index < -0.39 is 78.0 Å². The lowest BCUT2D eigenvalue weighted by Gasteiger charge is -2.26. The Morgan fingerprint density at radius 1 is 0.857 bits per heavy atom. The van der Waals surface area contributed by atoms with Gasteiger partial charge >= 0.3 is 5.97 Å². The number of carbonyl (C=O) groups excluding carboxylic acids is 7. The van der Waals surface area contributed by atoms with Crippen LogP contribution in [-0.4, -0.2) is 118 Å². The number of hydrogen-bond acceptors (Lipinski definition) is 10. The third-order valence-corrected chi connectivity index (χ3v) is 8.20. The molecule has 2 fully saturated rings. The van der Waals surface area contributed by atoms with Crippen LogP contribution in [0.25, 0.3) is 0 Å². The molecule has 3 rings (SSSR count). The average Bonchev–Trinajstić information content (AvgIpc) is 3.77. The number of likely N-dealkylation sites (tertiary alicyclic amines) is 1. The number of primary amides is 1. The van der Waals surface area contributed by atoms with Crippen molar-refractivity contribution >= 4 is 47.3 Å². The minimum atomic E-state index is -1.58. The normalized spacial score (nSPS) is 19.4. The summed E-state index contributed by atoms with van der Waals surface area (Å²) in [6.45, 7) is 3.42. The van der Waals surface area contributed by atoms with E-state index in [0.29, 0.717) is 31.4 Å². The molecule has 268 valence electrons. The number of amides is 7. The summed E-state index contributed by atoms with van der Waals surface area (Å²) in [5, 5.41) is 34.2. The van der Waals surface area contributed by atoms with Crippen molar-refractivity contribution in [1.82, 2.24) is 36.8 Å². The van der Waals surface area contributed by atoms with Gasteiger partial charge in [-0.05, 0) is 63.8 Å². The van der Waals surface area contributed by atoms with E-state index >= 15 is 0 Å². The number of nitrogens with two attached hydrogens (primary N) is 1. The zero-order valence-electron chi connectivity index (χ0n) is 27.3. The molecule has 18 nitrogen and oxygen atoms in total. The molecule has 1 aromatic carbocycles. The molecule has 2 aliphatic heterocycles. The van der Waals surface area contributed by atoms with E-state index in [4.69, 9.17) is 5.73 Å². The lowest BCUT2D eigenvalue weighted by Crippen LogP contribution is -2.58. The van der Waals surface area contributed by atoms with E-state index in [0.717, 1.165) is 13.0 Å². The number of carboxylic acids is 1. The van der Waals surface area contributed by atoms with E-state index in [1.807, 2.05) is 0 Å². The Balaban J connectivity index is 1.52. The summed E-state index contributed by atoms with van der Waals surface area (Å²) in [6.07, 6.45) is 1.59. The van der Waals surface area contributed by atoms with Crippen molar-refractivity contribution < 1.29 is 48.6 Å². The topological polar surface area (TPSA) is 278 Å². The molecule has 1 aromatic rings. The molecule has 0 radical (unpaired) electrons. The van der Waals surface area contributed by atoms with Gasteiger partial charge in [0.05, 0.1) is 19.0 Å². The number of phenols is 1. The second-order valence-corrected chi connectivity index (χ2v) is 12.1. The lowest BCUT2D eigenvalue weighted by molar-refractivity contribution is -0.142. The maximum Gasteiger partial charge on any atom is 0.326 e. The van der Waals surface area contributed by atoms with E-state index in [1.165, 1.54) is 43.0 Å². The SMILES string of the molecule is C[C@H](NC(=O)[C@H](C)NC(=O)[C@@H]1CCCN1C(=O)CNC(=O)[C@@H]1CCCN1)C(=O)N[C@@H](CC(N)=O)C(=O)N[C@@H](Cc1ccc(O)cc1)C(=O)O. The van der Waals surface area contributed by atoms with Gasteiger partial charge in [0.25, 0.3) is 0 Å². The highest BCUT2D eigenvalue weighted by molar-refractivity contribution is 5.97. The summed E-state index contributed by atoms with van der Waals surface area (Å²) >= 11 is 0. The molecule has 2 heterocycles. The molecule has 2 aliphatic rings. The summed E-state index contributed by atoms with van der Waals surface area (Å²) in [5.41, 5.74) is 5.73. The van der Waals surface area contributed by atoms with Crippen LogP contribution in [0.2, 0.25) is 0 Å². The number of aromatic hydroxyl groups is 1. The summed E-state index contributed by atoms with van der Waals surface area (Å²) in [6, 6.07) is -1.04. The largest absolute Gasteiger partial charge is 0.508 e. The van der Waals surface area contributed by atoms with E-state index in [1.54, 1.807) is 0 Å². The number of carboxylic acid groups (broad SMARTS) is 1. The quantitative estimate of drug-likeness (QED) is 0.0831. The van der Waals surface area contributed by atoms with Gasteiger partial charge in [-0.25, -0.2) is 4.79 Å². The predicted octanol–water partition coefficient (Wildman–Crippen LogP) is -3.27. The lowest BCUT2D eigenvalue weighted by atomic mass is 10.0. The number of carbonyl (C=O) groups is 8. The molecule has 0 aromatic heterocycles. The predicted molar refractivity (Wildman–Crippen MR) is 171 cm³/mol. The van der Waals surface area contributed by atoms with Crippen LogP contribution >= 0.6 is 0 Å². The van der Waals surface area contributed by atoms with Gasteiger partial charge in [-0.15, -0.1) is 0 Å². The third kappa shape index (κ3) is 11.4. The van der Waals surface area contributed by atoms with Gasteiger partial charge in [0.2, 0.25) is 41.4 Å². The first-order valence-electron chi connectivity index (χ1n) is 16.0. The second-order valence-electron chi connectivity index (χ2n) is 12.1. The third-order valence-electron chi connectivity index (χ3n) is 8.20. The second kappa shape index (κ2) is 17.8. The number of aliphatic carboxylic acids is 1. The Bertz CT molecular complexity index is 1420.